The zero-order valence-corrected chi connectivity index (χ0v) is 38.2. The predicted octanol–water partition coefficient (Wildman–Crippen LogP) is 7.90. The van der Waals surface area contributed by atoms with Crippen LogP contribution in [0.1, 0.15) is 120 Å². The first-order valence-corrected chi connectivity index (χ1v) is 23.0. The van der Waals surface area contributed by atoms with Gasteiger partial charge in [0.25, 0.3) is 0 Å². The Balaban J connectivity index is 0.000000228. The summed E-state index contributed by atoms with van der Waals surface area (Å²) in [6.07, 6.45) is 0.954. The van der Waals surface area contributed by atoms with Crippen molar-refractivity contribution in [2.45, 2.75) is 133 Å². The van der Waals surface area contributed by atoms with Gasteiger partial charge < -0.3 is 48.0 Å². The molecule has 17 heteroatoms. The summed E-state index contributed by atoms with van der Waals surface area (Å²) in [5.41, 5.74) is 0.537. The first-order chi connectivity index (χ1) is 30.9. The van der Waals surface area contributed by atoms with Crippen LogP contribution < -0.4 is 14.2 Å². The molecule has 9 rings (SSSR count). The van der Waals surface area contributed by atoms with Crippen molar-refractivity contribution in [3.8, 4) is 23.3 Å². The highest BCUT2D eigenvalue weighted by atomic mass is 31.2. The summed E-state index contributed by atoms with van der Waals surface area (Å²) in [5.74, 6) is 1.71. The average molecular weight is 905 g/mol. The van der Waals surface area contributed by atoms with Gasteiger partial charge >= 0.3 is 8.60 Å². The fourth-order valence-electron chi connectivity index (χ4n) is 9.94. The summed E-state index contributed by atoms with van der Waals surface area (Å²) in [6.45, 7) is 27.3. The Morgan fingerprint density at radius 3 is 1.43 bits per heavy atom. The van der Waals surface area contributed by atoms with Crippen LogP contribution in [0.2, 0.25) is 0 Å². The van der Waals surface area contributed by atoms with Crippen molar-refractivity contribution in [2.75, 3.05) is 19.6 Å². The SMILES string of the molecule is [C-]#[N+]c1ccc2c(c1)[C@@H](N1CCCC1=O)[C@H](O)C(C)(C)O2.[C-]#[N+]c1ccc2c(c1)[C@@H](N1CCCC1=O)[C@H](OP(O)O[C@H]1[C@H](N3CCCC3=O)c3cc(C#N)ccc3OC1(C)C)C(C)(C)O2. The molecular weight excluding hydrogens is 852 g/mol. The predicted molar refractivity (Wildman–Crippen MR) is 237 cm³/mol. The highest BCUT2D eigenvalue weighted by Gasteiger charge is 2.54. The number of fused-ring (bicyclic) bond motifs is 3. The van der Waals surface area contributed by atoms with E-state index in [1.54, 1.807) is 69.3 Å². The van der Waals surface area contributed by atoms with Gasteiger partial charge in [0.05, 0.1) is 42.9 Å². The van der Waals surface area contributed by atoms with E-state index in [2.05, 4.69) is 15.8 Å². The zero-order chi connectivity index (χ0) is 46.6. The Kier molecular flexibility index (Phi) is 12.4. The average Bonchev–Trinajstić information content (AvgIpc) is 4.02. The third-order valence-corrected chi connectivity index (χ3v) is 14.0. The van der Waals surface area contributed by atoms with Crippen molar-refractivity contribution >= 4 is 37.7 Å². The summed E-state index contributed by atoms with van der Waals surface area (Å²) in [6, 6.07) is 15.8. The molecule has 340 valence electrons. The first-order valence-electron chi connectivity index (χ1n) is 21.9. The quantitative estimate of drug-likeness (QED) is 0.174. The molecule has 0 radical (unpaired) electrons. The molecule has 0 aliphatic carbocycles. The Labute approximate surface area is 380 Å². The molecular formula is C48H53N6O10P. The minimum Gasteiger partial charge on any atom is -0.485 e. The van der Waals surface area contributed by atoms with Gasteiger partial charge in [0, 0.05) is 55.6 Å². The lowest BCUT2D eigenvalue weighted by atomic mass is 9.85. The lowest BCUT2D eigenvalue weighted by Gasteiger charge is -2.49. The molecule has 0 spiro atoms. The minimum atomic E-state index is -2.62. The van der Waals surface area contributed by atoms with Crippen molar-refractivity contribution in [3.05, 3.63) is 99.7 Å². The number of ether oxygens (including phenoxy) is 3. The number of aliphatic hydroxyl groups is 1. The van der Waals surface area contributed by atoms with E-state index in [-0.39, 0.29) is 17.7 Å². The number of amides is 3. The highest BCUT2D eigenvalue weighted by molar-refractivity contribution is 7.40. The summed E-state index contributed by atoms with van der Waals surface area (Å²) in [5, 5.41) is 20.3. The molecule has 3 saturated heterocycles. The Morgan fingerprint density at radius 2 is 1.03 bits per heavy atom. The van der Waals surface area contributed by atoms with Gasteiger partial charge in [-0.1, -0.05) is 12.1 Å². The second-order valence-corrected chi connectivity index (χ2v) is 19.7. The number of carbonyl (C=O) groups excluding carboxylic acids is 3. The van der Waals surface area contributed by atoms with Crippen LogP contribution in [0.3, 0.4) is 0 Å². The molecule has 6 heterocycles. The standard InChI is InChI=1S/C32H35N4O7P.C16H18N2O3/c1-31(2)29(27(35-14-6-8-25(35)37)21-16-19(18-33)10-12-23(21)40-31)42-44(39)43-30-28(36-15-7-9-26(36)38)22-17-20(34-5)11-13-24(22)41-32(30,3)4;1-16(2)15(20)14(18-8-4-5-13(18)19)11-9-10(17-3)6-7-12(11)21-16/h10-13,16-17,27-30,39H,6-9,14-15H2,1-4H3;6-7,9,14-15,20H,4-5,8H2,1-2H3/t27-,28-,29+,30+,44?;14-,15+/m11/s1. The number of hydrogen-bond acceptors (Lipinski definition) is 11. The molecule has 3 amide bonds. The molecule has 0 saturated carbocycles. The maximum absolute atomic E-state index is 13.1. The van der Waals surface area contributed by atoms with Crippen molar-refractivity contribution in [1.29, 1.82) is 5.26 Å². The number of carbonyl (C=O) groups is 3. The lowest BCUT2D eigenvalue weighted by molar-refractivity contribution is -0.142. The van der Waals surface area contributed by atoms with Crippen molar-refractivity contribution in [1.82, 2.24) is 14.7 Å². The van der Waals surface area contributed by atoms with Crippen LogP contribution in [0, 0.1) is 24.5 Å². The highest BCUT2D eigenvalue weighted by Crippen LogP contribution is 2.55. The number of likely N-dealkylation sites (tertiary alicyclic amines) is 3. The Hall–Kier alpha value is -5.79. The summed E-state index contributed by atoms with van der Waals surface area (Å²) in [7, 11) is -2.62. The van der Waals surface area contributed by atoms with Gasteiger partial charge in [-0.2, -0.15) is 5.26 Å². The molecule has 7 atom stereocenters. The van der Waals surface area contributed by atoms with E-state index < -0.39 is 61.8 Å². The van der Waals surface area contributed by atoms with E-state index in [0.29, 0.717) is 97.1 Å². The van der Waals surface area contributed by atoms with Crippen LogP contribution in [0.15, 0.2) is 54.6 Å². The largest absolute Gasteiger partial charge is 0.485 e. The van der Waals surface area contributed by atoms with E-state index in [4.69, 9.17) is 36.4 Å². The lowest BCUT2D eigenvalue weighted by Crippen LogP contribution is -2.56. The van der Waals surface area contributed by atoms with E-state index in [1.807, 2.05) is 41.5 Å². The van der Waals surface area contributed by atoms with Gasteiger partial charge in [0.15, 0.2) is 11.4 Å². The van der Waals surface area contributed by atoms with Crippen molar-refractivity contribution in [2.24, 2.45) is 0 Å². The zero-order valence-electron chi connectivity index (χ0n) is 37.3. The first kappa shape index (κ1) is 45.8. The van der Waals surface area contributed by atoms with Gasteiger partial charge in [-0.3, -0.25) is 14.4 Å². The smallest absolute Gasteiger partial charge is 0.330 e. The van der Waals surface area contributed by atoms with Gasteiger partial charge in [-0.15, -0.1) is 0 Å². The van der Waals surface area contributed by atoms with Crippen LogP contribution in [0.4, 0.5) is 11.4 Å². The number of hydrogen-bond donors (Lipinski definition) is 2. The molecule has 1 unspecified atom stereocenters. The summed E-state index contributed by atoms with van der Waals surface area (Å²) >= 11 is 0. The molecule has 6 aliphatic rings. The molecule has 3 aromatic rings. The van der Waals surface area contributed by atoms with Crippen LogP contribution in [0.5, 0.6) is 17.2 Å². The maximum atomic E-state index is 13.1. The van der Waals surface area contributed by atoms with Crippen LogP contribution >= 0.6 is 8.60 Å². The topological polar surface area (TPSA) is 180 Å². The van der Waals surface area contributed by atoms with Crippen molar-refractivity contribution in [3.63, 3.8) is 0 Å². The maximum Gasteiger partial charge on any atom is 0.330 e. The van der Waals surface area contributed by atoms with E-state index >= 15 is 0 Å². The van der Waals surface area contributed by atoms with Crippen LogP contribution in [0.25, 0.3) is 9.69 Å². The van der Waals surface area contributed by atoms with E-state index in [9.17, 15) is 29.6 Å². The summed E-state index contributed by atoms with van der Waals surface area (Å²) in [4.78, 5) is 62.0. The fourth-order valence-corrected chi connectivity index (χ4v) is 11.1. The Bertz CT molecular complexity index is 2410. The molecule has 6 aliphatic heterocycles. The number of aliphatic hydroxyl groups excluding tert-OH is 1. The summed E-state index contributed by atoms with van der Waals surface area (Å²) < 4.78 is 31.3. The fraction of sp³-hybridized carbons (Fsp3) is 0.500. The van der Waals surface area contributed by atoms with E-state index in [1.165, 1.54) is 0 Å². The Morgan fingerprint density at radius 1 is 0.646 bits per heavy atom. The monoisotopic (exact) mass is 904 g/mol. The molecule has 16 nitrogen and oxygen atoms in total. The molecule has 3 fully saturated rings. The number of nitrogens with zero attached hydrogens (tertiary/aromatic N) is 6. The minimum absolute atomic E-state index is 0.0389. The van der Waals surface area contributed by atoms with Gasteiger partial charge in [-0.25, -0.2) is 9.69 Å². The number of benzene rings is 3. The van der Waals surface area contributed by atoms with Crippen molar-refractivity contribution < 1.29 is 47.6 Å². The van der Waals surface area contributed by atoms with Gasteiger partial charge in [0.2, 0.25) is 17.7 Å². The van der Waals surface area contributed by atoms with Crippen LogP contribution in [-0.4, -0.2) is 97.2 Å². The normalized spacial score (nSPS) is 27.3. The van der Waals surface area contributed by atoms with Crippen LogP contribution in [-0.2, 0) is 23.4 Å². The van der Waals surface area contributed by atoms with Gasteiger partial charge in [0.1, 0.15) is 52.4 Å². The van der Waals surface area contributed by atoms with Gasteiger partial charge in [-0.05, 0) is 103 Å². The number of rotatable bonds is 7. The third-order valence-electron chi connectivity index (χ3n) is 13.2. The molecule has 3 aromatic carbocycles. The molecule has 0 bridgehead atoms. The third kappa shape index (κ3) is 8.60. The molecule has 0 aromatic heterocycles. The molecule has 2 N–H and O–H groups in total. The molecule has 65 heavy (non-hydrogen) atoms. The number of nitriles is 1. The second kappa shape index (κ2) is 17.5. The van der Waals surface area contributed by atoms with E-state index in [0.717, 1.165) is 12.0 Å². The second-order valence-electron chi connectivity index (χ2n) is 18.8.